The third-order valence-corrected chi connectivity index (χ3v) is 1.19. The standard InChI is InChI=1S/C8H12O5/c1-5(9)3-8(12)13-6(2)4-7(10)11/h6H,3-4H2,1-2H3,(H,10,11). The molecule has 13 heavy (non-hydrogen) atoms. The van der Waals surface area contributed by atoms with Gasteiger partial charge in [-0.3, -0.25) is 14.4 Å². The number of ether oxygens (including phenoxy) is 1. The lowest BCUT2D eigenvalue weighted by atomic mass is 10.3. The summed E-state index contributed by atoms with van der Waals surface area (Å²) in [6.07, 6.45) is -1.24. The molecule has 0 fully saturated rings. The number of carbonyl (C=O) groups is 3. The first-order valence-corrected chi connectivity index (χ1v) is 3.82. The summed E-state index contributed by atoms with van der Waals surface area (Å²) in [4.78, 5) is 31.4. The van der Waals surface area contributed by atoms with Crippen molar-refractivity contribution in [1.29, 1.82) is 0 Å². The number of esters is 1. The van der Waals surface area contributed by atoms with E-state index in [2.05, 4.69) is 4.74 Å². The van der Waals surface area contributed by atoms with E-state index in [1.165, 1.54) is 13.8 Å². The van der Waals surface area contributed by atoms with Gasteiger partial charge in [0.2, 0.25) is 0 Å². The summed E-state index contributed by atoms with van der Waals surface area (Å²) in [5, 5.41) is 8.32. The number of rotatable bonds is 5. The minimum Gasteiger partial charge on any atom is -0.481 e. The van der Waals surface area contributed by atoms with E-state index in [4.69, 9.17) is 5.11 Å². The highest BCUT2D eigenvalue weighted by atomic mass is 16.5. The molecule has 0 radical (unpaired) electrons. The summed E-state index contributed by atoms with van der Waals surface area (Å²) >= 11 is 0. The fourth-order valence-electron chi connectivity index (χ4n) is 0.757. The smallest absolute Gasteiger partial charge is 0.313 e. The molecule has 74 valence electrons. The second-order valence-corrected chi connectivity index (χ2v) is 2.78. The maximum atomic E-state index is 10.8. The molecule has 0 aliphatic carbocycles. The zero-order chi connectivity index (χ0) is 10.4. The molecule has 0 aromatic rings. The van der Waals surface area contributed by atoms with E-state index in [1.807, 2.05) is 0 Å². The first-order chi connectivity index (χ1) is 5.91. The number of ketones is 1. The van der Waals surface area contributed by atoms with E-state index in [9.17, 15) is 14.4 Å². The van der Waals surface area contributed by atoms with Crippen molar-refractivity contribution in [3.8, 4) is 0 Å². The summed E-state index contributed by atoms with van der Waals surface area (Å²) in [6.45, 7) is 2.73. The lowest BCUT2D eigenvalue weighted by molar-refractivity contribution is -0.152. The Bertz CT molecular complexity index is 221. The van der Waals surface area contributed by atoms with Crippen molar-refractivity contribution in [3.63, 3.8) is 0 Å². The van der Waals surface area contributed by atoms with Crippen LogP contribution in [0.1, 0.15) is 26.7 Å². The zero-order valence-corrected chi connectivity index (χ0v) is 7.57. The largest absolute Gasteiger partial charge is 0.481 e. The van der Waals surface area contributed by atoms with Crippen molar-refractivity contribution < 1.29 is 24.2 Å². The lowest BCUT2D eigenvalue weighted by Crippen LogP contribution is -2.19. The van der Waals surface area contributed by atoms with Gasteiger partial charge in [0.05, 0.1) is 6.42 Å². The number of Topliss-reactive ketones (excluding diaryl/α,β-unsaturated/α-hetero) is 1. The minimum absolute atomic E-state index is 0.246. The highest BCUT2D eigenvalue weighted by Crippen LogP contribution is 1.99. The molecule has 1 atom stereocenters. The van der Waals surface area contributed by atoms with Gasteiger partial charge < -0.3 is 9.84 Å². The molecule has 0 amide bonds. The highest BCUT2D eigenvalue weighted by Gasteiger charge is 2.13. The van der Waals surface area contributed by atoms with Crippen LogP contribution in [0, 0.1) is 0 Å². The first-order valence-electron chi connectivity index (χ1n) is 3.82. The van der Waals surface area contributed by atoms with E-state index in [1.54, 1.807) is 0 Å². The van der Waals surface area contributed by atoms with Crippen LogP contribution in [0.3, 0.4) is 0 Å². The van der Waals surface area contributed by atoms with E-state index in [-0.39, 0.29) is 18.6 Å². The fraction of sp³-hybridized carbons (Fsp3) is 0.625. The van der Waals surface area contributed by atoms with Crippen molar-refractivity contribution in [2.45, 2.75) is 32.8 Å². The molecule has 5 nitrogen and oxygen atoms in total. The Morgan fingerprint density at radius 1 is 1.38 bits per heavy atom. The molecule has 0 aromatic heterocycles. The van der Waals surface area contributed by atoms with Crippen LogP contribution >= 0.6 is 0 Å². The Kier molecular flexibility index (Phi) is 4.72. The molecule has 0 saturated carbocycles. The van der Waals surface area contributed by atoms with Crippen LogP contribution in [0.15, 0.2) is 0 Å². The molecule has 0 aliphatic rings. The van der Waals surface area contributed by atoms with Crippen molar-refractivity contribution in [2.75, 3.05) is 0 Å². The average Bonchev–Trinajstić information content (AvgIpc) is 1.80. The number of aliphatic carboxylic acids is 1. The maximum Gasteiger partial charge on any atom is 0.313 e. The molecule has 0 aliphatic heterocycles. The molecule has 1 unspecified atom stereocenters. The molecule has 0 spiro atoms. The molecule has 0 bridgehead atoms. The van der Waals surface area contributed by atoms with Gasteiger partial charge in [0.25, 0.3) is 0 Å². The Balaban J connectivity index is 3.78. The van der Waals surface area contributed by atoms with Crippen LogP contribution < -0.4 is 0 Å². The van der Waals surface area contributed by atoms with Gasteiger partial charge >= 0.3 is 11.9 Å². The van der Waals surface area contributed by atoms with Crippen molar-refractivity contribution >= 4 is 17.7 Å². The Labute approximate surface area is 75.7 Å². The maximum absolute atomic E-state index is 10.8. The molecule has 0 rings (SSSR count). The summed E-state index contributed by atoms with van der Waals surface area (Å²) < 4.78 is 4.63. The van der Waals surface area contributed by atoms with E-state index >= 15 is 0 Å². The molecule has 0 saturated heterocycles. The van der Waals surface area contributed by atoms with Gasteiger partial charge in [-0.25, -0.2) is 0 Å². The lowest BCUT2D eigenvalue weighted by Gasteiger charge is -2.09. The summed E-state index contributed by atoms with van der Waals surface area (Å²) in [7, 11) is 0. The monoisotopic (exact) mass is 188 g/mol. The van der Waals surface area contributed by atoms with Crippen LogP contribution in [-0.4, -0.2) is 28.9 Å². The van der Waals surface area contributed by atoms with Crippen LogP contribution in [-0.2, 0) is 19.1 Å². The third kappa shape index (κ3) is 6.99. The molecular weight excluding hydrogens is 176 g/mol. The molecule has 1 N–H and O–H groups in total. The topological polar surface area (TPSA) is 80.7 Å². The van der Waals surface area contributed by atoms with Crippen molar-refractivity contribution in [2.24, 2.45) is 0 Å². The van der Waals surface area contributed by atoms with Gasteiger partial charge in [0.1, 0.15) is 18.3 Å². The molecule has 5 heteroatoms. The number of hydrogen-bond donors (Lipinski definition) is 1. The van der Waals surface area contributed by atoms with Gasteiger partial charge in [-0.05, 0) is 13.8 Å². The Hall–Kier alpha value is -1.39. The van der Waals surface area contributed by atoms with Crippen LogP contribution in [0.4, 0.5) is 0 Å². The quantitative estimate of drug-likeness (QED) is 0.498. The SMILES string of the molecule is CC(=O)CC(=O)OC(C)CC(=O)O. The molecule has 0 heterocycles. The number of carboxylic acids is 1. The second-order valence-electron chi connectivity index (χ2n) is 2.78. The van der Waals surface area contributed by atoms with Gasteiger partial charge in [0, 0.05) is 0 Å². The third-order valence-electron chi connectivity index (χ3n) is 1.19. The highest BCUT2D eigenvalue weighted by molar-refractivity contribution is 5.94. The van der Waals surface area contributed by atoms with E-state index in [0.717, 1.165) is 0 Å². The van der Waals surface area contributed by atoms with Crippen LogP contribution in [0.2, 0.25) is 0 Å². The number of carboxylic acid groups (broad SMARTS) is 1. The Morgan fingerprint density at radius 2 is 1.92 bits per heavy atom. The normalized spacial score (nSPS) is 11.8. The Morgan fingerprint density at radius 3 is 2.31 bits per heavy atom. The average molecular weight is 188 g/mol. The van der Waals surface area contributed by atoms with Gasteiger partial charge in [0.15, 0.2) is 0 Å². The first kappa shape index (κ1) is 11.6. The second kappa shape index (κ2) is 5.29. The van der Waals surface area contributed by atoms with E-state index in [0.29, 0.717) is 0 Å². The minimum atomic E-state index is -1.04. The summed E-state index contributed by atoms with van der Waals surface area (Å²) in [6, 6.07) is 0. The van der Waals surface area contributed by atoms with Crippen molar-refractivity contribution in [3.05, 3.63) is 0 Å². The number of carbonyl (C=O) groups excluding carboxylic acids is 2. The molecule has 0 aromatic carbocycles. The predicted molar refractivity (Wildman–Crippen MR) is 43.1 cm³/mol. The summed E-state index contributed by atoms with van der Waals surface area (Å²) in [5.74, 6) is -2.02. The van der Waals surface area contributed by atoms with Gasteiger partial charge in [-0.1, -0.05) is 0 Å². The zero-order valence-electron chi connectivity index (χ0n) is 7.57. The number of hydrogen-bond acceptors (Lipinski definition) is 4. The van der Waals surface area contributed by atoms with Gasteiger partial charge in [-0.15, -0.1) is 0 Å². The van der Waals surface area contributed by atoms with Crippen LogP contribution in [0.5, 0.6) is 0 Å². The van der Waals surface area contributed by atoms with E-state index < -0.39 is 18.0 Å². The summed E-state index contributed by atoms with van der Waals surface area (Å²) in [5.41, 5.74) is 0. The van der Waals surface area contributed by atoms with Crippen molar-refractivity contribution in [1.82, 2.24) is 0 Å². The van der Waals surface area contributed by atoms with Gasteiger partial charge in [-0.2, -0.15) is 0 Å². The predicted octanol–water partition coefficient (Wildman–Crippen LogP) is 0.372. The fourth-order valence-corrected chi connectivity index (χ4v) is 0.757. The van der Waals surface area contributed by atoms with Crippen LogP contribution in [0.25, 0.3) is 0 Å². The molecular formula is C8H12O5.